The van der Waals surface area contributed by atoms with Gasteiger partial charge in [-0.05, 0) is 42.7 Å². The molecule has 7 heteroatoms. The summed E-state index contributed by atoms with van der Waals surface area (Å²) in [7, 11) is 0. The van der Waals surface area contributed by atoms with Crippen LogP contribution in [-0.2, 0) is 17.8 Å². The molecule has 1 amide bonds. The molecule has 0 saturated heterocycles. The summed E-state index contributed by atoms with van der Waals surface area (Å²) in [6.07, 6.45) is 1.35. The average molecular weight is 398 g/mol. The first kappa shape index (κ1) is 20.1. The van der Waals surface area contributed by atoms with Gasteiger partial charge in [-0.3, -0.25) is 14.2 Å². The molecule has 2 N–H and O–H groups in total. The SMILES string of the molecule is CCc1cccc(NC(=O)CSc2nc3ccccc3c(=O)n2CCCO)c1. The van der Waals surface area contributed by atoms with E-state index in [0.717, 1.165) is 17.7 Å². The van der Waals surface area contributed by atoms with Crippen molar-refractivity contribution in [3.63, 3.8) is 0 Å². The van der Waals surface area contributed by atoms with Crippen molar-refractivity contribution in [2.45, 2.75) is 31.5 Å². The Morgan fingerprint density at radius 2 is 2.04 bits per heavy atom. The third-order valence-electron chi connectivity index (χ3n) is 4.32. The van der Waals surface area contributed by atoms with E-state index in [1.807, 2.05) is 30.3 Å². The molecule has 1 aromatic heterocycles. The number of nitrogens with zero attached hydrogens (tertiary/aromatic N) is 2. The first-order chi connectivity index (χ1) is 13.6. The van der Waals surface area contributed by atoms with Crippen molar-refractivity contribution in [1.29, 1.82) is 0 Å². The zero-order chi connectivity index (χ0) is 19.9. The van der Waals surface area contributed by atoms with Gasteiger partial charge in [-0.15, -0.1) is 0 Å². The van der Waals surface area contributed by atoms with Crippen LogP contribution in [0.4, 0.5) is 5.69 Å². The van der Waals surface area contributed by atoms with Crippen molar-refractivity contribution >= 4 is 34.3 Å². The highest BCUT2D eigenvalue weighted by atomic mass is 32.2. The molecule has 0 aliphatic rings. The van der Waals surface area contributed by atoms with Crippen molar-refractivity contribution in [1.82, 2.24) is 9.55 Å². The number of benzene rings is 2. The lowest BCUT2D eigenvalue weighted by molar-refractivity contribution is -0.113. The number of hydrogen-bond acceptors (Lipinski definition) is 5. The highest BCUT2D eigenvalue weighted by Crippen LogP contribution is 2.19. The zero-order valence-corrected chi connectivity index (χ0v) is 16.5. The number of carbonyl (C=O) groups excluding carboxylic acids is 1. The number of aliphatic hydroxyl groups is 1. The lowest BCUT2D eigenvalue weighted by atomic mass is 10.1. The first-order valence-electron chi connectivity index (χ1n) is 9.24. The van der Waals surface area contributed by atoms with Crippen LogP contribution in [0.2, 0.25) is 0 Å². The Balaban J connectivity index is 1.78. The molecule has 3 aromatic rings. The lowest BCUT2D eigenvalue weighted by Gasteiger charge is -2.12. The third kappa shape index (κ3) is 4.79. The maximum Gasteiger partial charge on any atom is 0.262 e. The molecule has 0 aliphatic heterocycles. The van der Waals surface area contributed by atoms with E-state index in [9.17, 15) is 9.59 Å². The monoisotopic (exact) mass is 397 g/mol. The predicted molar refractivity (Wildman–Crippen MR) is 113 cm³/mol. The topological polar surface area (TPSA) is 84.2 Å². The van der Waals surface area contributed by atoms with Crippen LogP contribution >= 0.6 is 11.8 Å². The summed E-state index contributed by atoms with van der Waals surface area (Å²) in [6, 6.07) is 14.9. The number of aromatic nitrogens is 2. The molecular formula is C21H23N3O3S. The van der Waals surface area contributed by atoms with E-state index < -0.39 is 0 Å². The van der Waals surface area contributed by atoms with Crippen molar-refractivity contribution in [3.05, 3.63) is 64.4 Å². The maximum absolute atomic E-state index is 12.8. The van der Waals surface area contributed by atoms with Crippen molar-refractivity contribution in [2.24, 2.45) is 0 Å². The molecule has 0 saturated carbocycles. The second-order valence-corrected chi connectivity index (χ2v) is 7.28. The predicted octanol–water partition coefficient (Wildman–Crippen LogP) is 3.07. The molecule has 3 rings (SSSR count). The van der Waals surface area contributed by atoms with Gasteiger partial charge >= 0.3 is 0 Å². The molecule has 0 fully saturated rings. The molecule has 0 bridgehead atoms. The second kappa shape index (κ2) is 9.52. The molecule has 0 radical (unpaired) electrons. The van der Waals surface area contributed by atoms with Gasteiger partial charge in [0.25, 0.3) is 5.56 Å². The van der Waals surface area contributed by atoms with Gasteiger partial charge in [0, 0.05) is 18.8 Å². The third-order valence-corrected chi connectivity index (χ3v) is 5.29. The molecule has 1 heterocycles. The van der Waals surface area contributed by atoms with Crippen LogP contribution in [-0.4, -0.2) is 32.9 Å². The molecule has 0 unspecified atom stereocenters. The van der Waals surface area contributed by atoms with Crippen LogP contribution in [0, 0.1) is 0 Å². The fourth-order valence-corrected chi connectivity index (χ4v) is 3.71. The Morgan fingerprint density at radius 1 is 1.21 bits per heavy atom. The van der Waals surface area contributed by atoms with Crippen LogP contribution in [0.1, 0.15) is 18.9 Å². The van der Waals surface area contributed by atoms with Crippen LogP contribution in [0.15, 0.2) is 58.5 Å². The fraction of sp³-hybridized carbons (Fsp3) is 0.286. The van der Waals surface area contributed by atoms with Crippen LogP contribution in [0.5, 0.6) is 0 Å². The number of rotatable bonds is 8. The molecule has 2 aromatic carbocycles. The minimum absolute atomic E-state index is 0.0162. The van der Waals surface area contributed by atoms with Gasteiger partial charge in [0.1, 0.15) is 0 Å². The molecule has 146 valence electrons. The zero-order valence-electron chi connectivity index (χ0n) is 15.7. The van der Waals surface area contributed by atoms with Gasteiger partial charge in [0.05, 0.1) is 16.7 Å². The van der Waals surface area contributed by atoms with Gasteiger partial charge in [-0.25, -0.2) is 4.98 Å². The summed E-state index contributed by atoms with van der Waals surface area (Å²) in [4.78, 5) is 29.7. The number of anilines is 1. The number of thioether (sulfide) groups is 1. The number of aliphatic hydroxyl groups excluding tert-OH is 1. The van der Waals surface area contributed by atoms with E-state index >= 15 is 0 Å². The van der Waals surface area contributed by atoms with Crippen LogP contribution in [0.25, 0.3) is 10.9 Å². The quantitative estimate of drug-likeness (QED) is 0.451. The largest absolute Gasteiger partial charge is 0.396 e. The van der Waals surface area contributed by atoms with Gasteiger partial charge < -0.3 is 10.4 Å². The molecule has 0 atom stereocenters. The summed E-state index contributed by atoms with van der Waals surface area (Å²) in [5.74, 6) is -0.0188. The molecular weight excluding hydrogens is 374 g/mol. The summed E-state index contributed by atoms with van der Waals surface area (Å²) in [5.41, 5.74) is 2.36. The Morgan fingerprint density at radius 3 is 2.82 bits per heavy atom. The van der Waals surface area contributed by atoms with Gasteiger partial charge in [0.2, 0.25) is 5.91 Å². The minimum atomic E-state index is -0.158. The smallest absolute Gasteiger partial charge is 0.262 e. The normalized spacial score (nSPS) is 10.9. The van der Waals surface area contributed by atoms with Crippen molar-refractivity contribution < 1.29 is 9.90 Å². The highest BCUT2D eigenvalue weighted by Gasteiger charge is 2.13. The minimum Gasteiger partial charge on any atom is -0.396 e. The van der Waals surface area contributed by atoms with Gasteiger partial charge in [0.15, 0.2) is 5.16 Å². The standard InChI is InChI=1S/C21H23N3O3S/c1-2-15-7-5-8-16(13-15)22-19(26)14-28-21-23-18-10-4-3-9-17(18)20(27)24(21)11-6-12-25/h3-5,7-10,13,25H,2,6,11-12,14H2,1H3,(H,22,26). The summed E-state index contributed by atoms with van der Waals surface area (Å²) in [6.45, 7) is 2.40. The molecule has 6 nitrogen and oxygen atoms in total. The summed E-state index contributed by atoms with van der Waals surface area (Å²) < 4.78 is 1.54. The van der Waals surface area contributed by atoms with Gasteiger partial charge in [-0.2, -0.15) is 0 Å². The maximum atomic E-state index is 12.8. The highest BCUT2D eigenvalue weighted by molar-refractivity contribution is 7.99. The van der Waals surface area contributed by atoms with E-state index in [-0.39, 0.29) is 23.8 Å². The number of nitrogens with one attached hydrogen (secondary N) is 1. The Labute approximate surface area is 167 Å². The van der Waals surface area contributed by atoms with Crippen LogP contribution in [0.3, 0.4) is 0 Å². The number of aryl methyl sites for hydroxylation is 1. The average Bonchev–Trinajstić information content (AvgIpc) is 2.72. The van der Waals surface area contributed by atoms with E-state index in [1.165, 1.54) is 16.3 Å². The van der Waals surface area contributed by atoms with E-state index in [4.69, 9.17) is 5.11 Å². The van der Waals surface area contributed by atoms with Crippen molar-refractivity contribution in [2.75, 3.05) is 17.7 Å². The van der Waals surface area contributed by atoms with Crippen LogP contribution < -0.4 is 10.9 Å². The molecule has 0 aliphatic carbocycles. The molecule has 28 heavy (non-hydrogen) atoms. The second-order valence-electron chi connectivity index (χ2n) is 6.34. The van der Waals surface area contributed by atoms with E-state index in [1.54, 1.807) is 18.2 Å². The molecule has 0 spiro atoms. The Kier molecular flexibility index (Phi) is 6.84. The number of amides is 1. The summed E-state index contributed by atoms with van der Waals surface area (Å²) >= 11 is 1.22. The van der Waals surface area contributed by atoms with E-state index in [2.05, 4.69) is 17.2 Å². The van der Waals surface area contributed by atoms with Crippen molar-refractivity contribution in [3.8, 4) is 0 Å². The number of fused-ring (bicyclic) bond motifs is 1. The number of carbonyl (C=O) groups is 1. The Hall–Kier alpha value is -2.64. The summed E-state index contributed by atoms with van der Waals surface area (Å²) in [5, 5.41) is 13.0. The number of hydrogen-bond donors (Lipinski definition) is 2. The van der Waals surface area contributed by atoms with Gasteiger partial charge in [-0.1, -0.05) is 43.0 Å². The Bertz CT molecular complexity index is 1030. The lowest BCUT2D eigenvalue weighted by Crippen LogP contribution is -2.24. The number of para-hydroxylation sites is 1. The fourth-order valence-electron chi connectivity index (χ4n) is 2.88. The van der Waals surface area contributed by atoms with E-state index in [0.29, 0.717) is 29.0 Å². The first-order valence-corrected chi connectivity index (χ1v) is 10.2.